The summed E-state index contributed by atoms with van der Waals surface area (Å²) in [7, 11) is 0. The van der Waals surface area contributed by atoms with E-state index in [0.29, 0.717) is 27.4 Å². The predicted molar refractivity (Wildman–Crippen MR) is 81.9 cm³/mol. The summed E-state index contributed by atoms with van der Waals surface area (Å²) in [6, 6.07) is 4.50. The van der Waals surface area contributed by atoms with Gasteiger partial charge in [0.25, 0.3) is 5.91 Å². The first-order valence-electron chi connectivity index (χ1n) is 6.05. The summed E-state index contributed by atoms with van der Waals surface area (Å²) < 4.78 is 15.6. The van der Waals surface area contributed by atoms with Crippen LogP contribution < -0.4 is 5.32 Å². The number of benzene rings is 1. The van der Waals surface area contributed by atoms with Crippen molar-refractivity contribution in [3.8, 4) is 0 Å². The maximum Gasteiger partial charge on any atom is 0.272 e. The SMILES string of the molecule is CCn1cc(Cl)cc1C(=O)Nc1cc(F)c(Br)cc1C. The quantitative estimate of drug-likeness (QED) is 0.852. The zero-order valence-corrected chi connectivity index (χ0v) is 13.3. The third kappa shape index (κ3) is 3.04. The van der Waals surface area contributed by atoms with Crippen LogP contribution in [-0.2, 0) is 6.54 Å². The predicted octanol–water partition coefficient (Wildman–Crippen LogP) is 4.62. The molecule has 3 nitrogen and oxygen atoms in total. The number of rotatable bonds is 3. The van der Waals surface area contributed by atoms with Gasteiger partial charge in [0.05, 0.1) is 9.50 Å². The summed E-state index contributed by atoms with van der Waals surface area (Å²) in [5, 5.41) is 3.20. The van der Waals surface area contributed by atoms with Crippen LogP contribution >= 0.6 is 27.5 Å². The number of aryl methyl sites for hydroxylation is 2. The van der Waals surface area contributed by atoms with Crippen LogP contribution in [-0.4, -0.2) is 10.5 Å². The Morgan fingerprint density at radius 1 is 1.45 bits per heavy atom. The van der Waals surface area contributed by atoms with Crippen LogP contribution in [0.15, 0.2) is 28.9 Å². The van der Waals surface area contributed by atoms with Gasteiger partial charge in [-0.15, -0.1) is 0 Å². The van der Waals surface area contributed by atoms with Crippen molar-refractivity contribution in [1.29, 1.82) is 0 Å². The van der Waals surface area contributed by atoms with Crippen LogP contribution in [0, 0.1) is 12.7 Å². The first-order valence-corrected chi connectivity index (χ1v) is 7.22. The molecule has 1 amide bonds. The van der Waals surface area contributed by atoms with E-state index in [9.17, 15) is 9.18 Å². The third-order valence-electron chi connectivity index (χ3n) is 2.95. The smallest absolute Gasteiger partial charge is 0.272 e. The van der Waals surface area contributed by atoms with E-state index < -0.39 is 5.82 Å². The molecule has 1 N–H and O–H groups in total. The van der Waals surface area contributed by atoms with E-state index in [2.05, 4.69) is 21.2 Å². The van der Waals surface area contributed by atoms with Crippen LogP contribution in [0.2, 0.25) is 5.02 Å². The van der Waals surface area contributed by atoms with E-state index in [1.54, 1.807) is 29.8 Å². The molecule has 0 unspecified atom stereocenters. The van der Waals surface area contributed by atoms with Gasteiger partial charge in [0.1, 0.15) is 11.5 Å². The van der Waals surface area contributed by atoms with Crippen molar-refractivity contribution in [3.63, 3.8) is 0 Å². The topological polar surface area (TPSA) is 34.0 Å². The molecule has 0 fully saturated rings. The van der Waals surface area contributed by atoms with Gasteiger partial charge >= 0.3 is 0 Å². The lowest BCUT2D eigenvalue weighted by Crippen LogP contribution is -2.17. The van der Waals surface area contributed by atoms with E-state index >= 15 is 0 Å². The lowest BCUT2D eigenvalue weighted by molar-refractivity contribution is 0.101. The van der Waals surface area contributed by atoms with Crippen LogP contribution in [0.1, 0.15) is 23.0 Å². The van der Waals surface area contributed by atoms with Crippen molar-refractivity contribution < 1.29 is 9.18 Å². The van der Waals surface area contributed by atoms with E-state index in [1.165, 1.54) is 6.07 Å². The lowest BCUT2D eigenvalue weighted by atomic mass is 10.2. The van der Waals surface area contributed by atoms with Gasteiger partial charge in [-0.1, -0.05) is 11.6 Å². The molecule has 0 aliphatic rings. The molecule has 0 saturated heterocycles. The molecule has 1 aromatic heterocycles. The normalized spacial score (nSPS) is 10.7. The molecule has 2 rings (SSSR count). The number of carbonyl (C=O) groups is 1. The molecule has 1 heterocycles. The Kier molecular flexibility index (Phi) is 4.50. The number of anilines is 1. The Morgan fingerprint density at radius 2 is 2.15 bits per heavy atom. The fraction of sp³-hybridized carbons (Fsp3) is 0.214. The monoisotopic (exact) mass is 358 g/mol. The number of halogens is 3. The average molecular weight is 360 g/mol. The van der Waals surface area contributed by atoms with Gasteiger partial charge in [-0.3, -0.25) is 4.79 Å². The standard InChI is InChI=1S/C14H13BrClFN2O/c1-3-19-7-9(16)5-13(19)14(20)18-12-6-11(17)10(15)4-8(12)2/h4-7H,3H2,1-2H3,(H,18,20). The summed E-state index contributed by atoms with van der Waals surface area (Å²) in [6.45, 7) is 4.34. The highest BCUT2D eigenvalue weighted by Crippen LogP contribution is 2.25. The molecular formula is C14H13BrClFN2O. The van der Waals surface area contributed by atoms with Gasteiger partial charge in [0.2, 0.25) is 0 Å². The van der Waals surface area contributed by atoms with Crippen molar-refractivity contribution in [2.24, 2.45) is 0 Å². The van der Waals surface area contributed by atoms with Crippen molar-refractivity contribution in [1.82, 2.24) is 4.57 Å². The first kappa shape index (κ1) is 15.1. The summed E-state index contributed by atoms with van der Waals surface area (Å²) in [6.07, 6.45) is 1.69. The number of hydrogen-bond donors (Lipinski definition) is 1. The Hall–Kier alpha value is -1.33. The minimum absolute atomic E-state index is 0.316. The zero-order valence-electron chi connectivity index (χ0n) is 11.0. The summed E-state index contributed by atoms with van der Waals surface area (Å²) >= 11 is 9.01. The van der Waals surface area contributed by atoms with Gasteiger partial charge in [0.15, 0.2) is 0 Å². The van der Waals surface area contributed by atoms with Crippen LogP contribution in [0.3, 0.4) is 0 Å². The van der Waals surface area contributed by atoms with Crippen LogP contribution in [0.5, 0.6) is 0 Å². The highest BCUT2D eigenvalue weighted by Gasteiger charge is 2.14. The lowest BCUT2D eigenvalue weighted by Gasteiger charge is -2.11. The molecule has 20 heavy (non-hydrogen) atoms. The molecule has 0 spiro atoms. The van der Waals surface area contributed by atoms with Crippen molar-refractivity contribution in [3.05, 3.63) is 51.0 Å². The Labute approximate surface area is 129 Å². The second kappa shape index (κ2) is 5.97. The zero-order chi connectivity index (χ0) is 14.9. The molecular weight excluding hydrogens is 347 g/mol. The Morgan fingerprint density at radius 3 is 2.80 bits per heavy atom. The second-order valence-corrected chi connectivity index (χ2v) is 5.66. The van der Waals surface area contributed by atoms with Gasteiger partial charge in [0, 0.05) is 18.4 Å². The molecule has 2 aromatic rings. The molecule has 0 aliphatic heterocycles. The van der Waals surface area contributed by atoms with E-state index in [4.69, 9.17) is 11.6 Å². The fourth-order valence-corrected chi connectivity index (χ4v) is 2.57. The van der Waals surface area contributed by atoms with Gasteiger partial charge in [-0.25, -0.2) is 4.39 Å². The minimum Gasteiger partial charge on any atom is -0.342 e. The molecule has 0 bridgehead atoms. The Balaban J connectivity index is 2.30. The van der Waals surface area contributed by atoms with E-state index in [-0.39, 0.29) is 5.91 Å². The first-order chi connectivity index (χ1) is 9.42. The molecule has 106 valence electrons. The summed E-state index contributed by atoms with van der Waals surface area (Å²) in [5.41, 5.74) is 1.66. The largest absolute Gasteiger partial charge is 0.342 e. The third-order valence-corrected chi connectivity index (χ3v) is 3.77. The van der Waals surface area contributed by atoms with Crippen molar-refractivity contribution in [2.45, 2.75) is 20.4 Å². The molecule has 0 aliphatic carbocycles. The van der Waals surface area contributed by atoms with Gasteiger partial charge < -0.3 is 9.88 Å². The summed E-state index contributed by atoms with van der Waals surface area (Å²) in [5.74, 6) is -0.738. The van der Waals surface area contributed by atoms with E-state index in [1.807, 2.05) is 6.92 Å². The van der Waals surface area contributed by atoms with Gasteiger partial charge in [-0.2, -0.15) is 0 Å². The molecule has 1 aromatic carbocycles. The molecule has 0 saturated carbocycles. The molecule has 0 radical (unpaired) electrons. The maximum atomic E-state index is 13.5. The number of carbonyl (C=O) groups excluding carboxylic acids is 1. The van der Waals surface area contributed by atoms with E-state index in [0.717, 1.165) is 5.56 Å². The number of nitrogens with one attached hydrogen (secondary N) is 1. The average Bonchev–Trinajstić information content (AvgIpc) is 2.77. The van der Waals surface area contributed by atoms with Crippen molar-refractivity contribution in [2.75, 3.05) is 5.32 Å². The summed E-state index contributed by atoms with van der Waals surface area (Å²) in [4.78, 5) is 12.2. The van der Waals surface area contributed by atoms with Crippen LogP contribution in [0.25, 0.3) is 0 Å². The number of amides is 1. The van der Waals surface area contributed by atoms with Crippen LogP contribution in [0.4, 0.5) is 10.1 Å². The van der Waals surface area contributed by atoms with Crippen molar-refractivity contribution >= 4 is 39.1 Å². The Bertz CT molecular complexity index is 669. The second-order valence-electron chi connectivity index (χ2n) is 4.36. The molecule has 0 atom stereocenters. The number of aromatic nitrogens is 1. The minimum atomic E-state index is -0.421. The molecule has 6 heteroatoms. The highest BCUT2D eigenvalue weighted by molar-refractivity contribution is 9.10. The number of hydrogen-bond acceptors (Lipinski definition) is 1. The highest BCUT2D eigenvalue weighted by atomic mass is 79.9. The number of nitrogens with zero attached hydrogens (tertiary/aromatic N) is 1. The fourth-order valence-electron chi connectivity index (χ4n) is 1.89. The maximum absolute atomic E-state index is 13.5. The van der Waals surface area contributed by atoms with Gasteiger partial charge in [-0.05, 0) is 53.5 Å².